The predicted molar refractivity (Wildman–Crippen MR) is 128 cm³/mol. The van der Waals surface area contributed by atoms with Crippen LogP contribution in [0.5, 0.6) is 0 Å². The predicted octanol–water partition coefficient (Wildman–Crippen LogP) is 6.53. The van der Waals surface area contributed by atoms with Crippen LogP contribution in [0, 0.1) is 0 Å². The highest BCUT2D eigenvalue weighted by molar-refractivity contribution is 4.46. The second-order valence-electron chi connectivity index (χ2n) is 7.37. The number of nitrogens with one attached hydrogen (secondary N) is 3. The van der Waals surface area contributed by atoms with Crippen LogP contribution in [0.4, 0.5) is 0 Å². The molecule has 3 heteroatoms. The summed E-state index contributed by atoms with van der Waals surface area (Å²) in [5.41, 5.74) is 0. The zero-order valence-electron chi connectivity index (χ0n) is 20.2. The first kappa shape index (κ1) is 31.6. The van der Waals surface area contributed by atoms with Crippen LogP contribution in [0.25, 0.3) is 0 Å². The molecule has 0 fully saturated rings. The average Bonchev–Trinajstić information content (AvgIpc) is 2.69. The van der Waals surface area contributed by atoms with Crippen molar-refractivity contribution in [3.05, 3.63) is 0 Å². The zero-order valence-corrected chi connectivity index (χ0v) is 20.2. The monoisotopic (exact) mass is 387 g/mol. The van der Waals surface area contributed by atoms with Gasteiger partial charge in [0, 0.05) is 0 Å². The van der Waals surface area contributed by atoms with Gasteiger partial charge in [-0.25, -0.2) is 0 Å². The molecule has 3 nitrogen and oxygen atoms in total. The first-order valence-electron chi connectivity index (χ1n) is 12.4. The lowest BCUT2D eigenvalue weighted by atomic mass is 10.3. The van der Waals surface area contributed by atoms with Gasteiger partial charge in [-0.1, -0.05) is 80.1 Å². The van der Waals surface area contributed by atoms with Gasteiger partial charge in [0.1, 0.15) is 0 Å². The topological polar surface area (TPSA) is 36.1 Å². The molecule has 3 N–H and O–H groups in total. The fourth-order valence-electron chi connectivity index (χ4n) is 2.19. The second-order valence-corrected chi connectivity index (χ2v) is 7.37. The number of hydrogen-bond donors (Lipinski definition) is 3. The standard InChI is InChI=1S/3C8H19N/c3*1-3-5-7-9-8-6-4-2/h3*9H,3-8H2,1-2H3. The van der Waals surface area contributed by atoms with Crippen molar-refractivity contribution in [2.75, 3.05) is 39.3 Å². The Morgan fingerprint density at radius 2 is 0.444 bits per heavy atom. The summed E-state index contributed by atoms with van der Waals surface area (Å²) < 4.78 is 0. The highest BCUT2D eigenvalue weighted by atomic mass is 14.8. The van der Waals surface area contributed by atoms with Crippen LogP contribution in [0.2, 0.25) is 0 Å². The molecule has 0 aromatic carbocycles. The van der Waals surface area contributed by atoms with E-state index >= 15 is 0 Å². The molecule has 0 spiro atoms. The fraction of sp³-hybridized carbons (Fsp3) is 1.00. The number of rotatable bonds is 18. The van der Waals surface area contributed by atoms with Gasteiger partial charge in [-0.3, -0.25) is 0 Å². The van der Waals surface area contributed by atoms with Gasteiger partial charge < -0.3 is 16.0 Å². The average molecular weight is 388 g/mol. The normalized spacial score (nSPS) is 10.0. The number of unbranched alkanes of at least 4 members (excludes halogenated alkanes) is 6. The Morgan fingerprint density at radius 3 is 0.556 bits per heavy atom. The maximum Gasteiger partial charge on any atom is -0.00490 e. The first-order valence-corrected chi connectivity index (χ1v) is 12.4. The molecule has 0 rings (SSSR count). The third kappa shape index (κ3) is 46.2. The summed E-state index contributed by atoms with van der Waals surface area (Å²) in [5, 5.41) is 10.2. The molecule has 0 aliphatic rings. The van der Waals surface area contributed by atoms with Gasteiger partial charge in [0.25, 0.3) is 0 Å². The second kappa shape index (κ2) is 36.7. The fourth-order valence-corrected chi connectivity index (χ4v) is 2.19. The van der Waals surface area contributed by atoms with Crippen molar-refractivity contribution in [2.24, 2.45) is 0 Å². The van der Waals surface area contributed by atoms with Gasteiger partial charge in [0.2, 0.25) is 0 Å². The molecule has 0 atom stereocenters. The van der Waals surface area contributed by atoms with Crippen molar-refractivity contribution in [3.8, 4) is 0 Å². The molecular weight excluding hydrogens is 330 g/mol. The molecule has 0 heterocycles. The van der Waals surface area contributed by atoms with Crippen LogP contribution in [-0.4, -0.2) is 39.3 Å². The van der Waals surface area contributed by atoms with E-state index in [1.54, 1.807) is 0 Å². The number of hydrogen-bond acceptors (Lipinski definition) is 3. The highest BCUT2D eigenvalue weighted by Gasteiger charge is 1.84. The molecule has 0 aromatic heterocycles. The summed E-state index contributed by atoms with van der Waals surface area (Å²) in [7, 11) is 0. The van der Waals surface area contributed by atoms with E-state index in [2.05, 4.69) is 57.5 Å². The maximum absolute atomic E-state index is 3.39. The lowest BCUT2D eigenvalue weighted by Gasteiger charge is -1.99. The molecule has 0 aliphatic heterocycles. The van der Waals surface area contributed by atoms with Crippen LogP contribution in [-0.2, 0) is 0 Å². The van der Waals surface area contributed by atoms with E-state index in [0.717, 1.165) is 0 Å². The molecule has 0 saturated heterocycles. The lowest BCUT2D eigenvalue weighted by Crippen LogP contribution is -2.15. The molecule has 0 amide bonds. The van der Waals surface area contributed by atoms with Gasteiger partial charge in [0.05, 0.1) is 0 Å². The molecule has 0 aromatic rings. The van der Waals surface area contributed by atoms with Gasteiger partial charge in [-0.15, -0.1) is 0 Å². The van der Waals surface area contributed by atoms with Crippen LogP contribution in [0.3, 0.4) is 0 Å². The van der Waals surface area contributed by atoms with Gasteiger partial charge in [-0.2, -0.15) is 0 Å². The molecular formula is C24H57N3. The zero-order chi connectivity index (χ0) is 20.8. The summed E-state index contributed by atoms with van der Waals surface area (Å²) in [5.74, 6) is 0. The third-order valence-corrected chi connectivity index (χ3v) is 4.24. The summed E-state index contributed by atoms with van der Waals surface area (Å²) >= 11 is 0. The minimum atomic E-state index is 1.20. The molecule has 0 aliphatic carbocycles. The van der Waals surface area contributed by atoms with Crippen molar-refractivity contribution >= 4 is 0 Å². The van der Waals surface area contributed by atoms with Crippen molar-refractivity contribution in [1.29, 1.82) is 0 Å². The van der Waals surface area contributed by atoms with Crippen molar-refractivity contribution in [3.63, 3.8) is 0 Å². The Labute approximate surface area is 174 Å². The van der Waals surface area contributed by atoms with E-state index < -0.39 is 0 Å². The van der Waals surface area contributed by atoms with Gasteiger partial charge >= 0.3 is 0 Å². The molecule has 27 heavy (non-hydrogen) atoms. The highest BCUT2D eigenvalue weighted by Crippen LogP contribution is 1.86. The molecule has 0 bridgehead atoms. The van der Waals surface area contributed by atoms with Crippen molar-refractivity contribution in [1.82, 2.24) is 16.0 Å². The Morgan fingerprint density at radius 1 is 0.296 bits per heavy atom. The lowest BCUT2D eigenvalue weighted by molar-refractivity contribution is 0.611. The first-order chi connectivity index (χ1) is 13.2. The van der Waals surface area contributed by atoms with E-state index in [0.29, 0.717) is 0 Å². The van der Waals surface area contributed by atoms with Crippen LogP contribution >= 0.6 is 0 Å². The van der Waals surface area contributed by atoms with Crippen molar-refractivity contribution < 1.29 is 0 Å². The molecule has 168 valence electrons. The largest absolute Gasteiger partial charge is 0.317 e. The van der Waals surface area contributed by atoms with E-state index in [4.69, 9.17) is 0 Å². The SMILES string of the molecule is CCCCNCCCC.CCCCNCCCC.CCCCNCCCC. The molecule has 0 saturated carbocycles. The summed E-state index contributed by atoms with van der Waals surface area (Å²) in [6.07, 6.45) is 15.8. The Kier molecular flexibility index (Phi) is 43.0. The Bertz CT molecular complexity index is 147. The summed E-state index contributed by atoms with van der Waals surface area (Å²) in [6, 6.07) is 0. The van der Waals surface area contributed by atoms with Gasteiger partial charge in [0.15, 0.2) is 0 Å². The quantitative estimate of drug-likeness (QED) is 0.234. The maximum atomic E-state index is 3.39. The summed E-state index contributed by atoms with van der Waals surface area (Å²) in [4.78, 5) is 0. The van der Waals surface area contributed by atoms with Crippen LogP contribution in [0.15, 0.2) is 0 Å². The minimum absolute atomic E-state index is 1.20. The van der Waals surface area contributed by atoms with E-state index in [1.165, 1.54) is 116 Å². The molecule has 0 radical (unpaired) electrons. The Hall–Kier alpha value is -0.120. The van der Waals surface area contributed by atoms with E-state index in [9.17, 15) is 0 Å². The van der Waals surface area contributed by atoms with Crippen LogP contribution in [0.1, 0.15) is 119 Å². The minimum Gasteiger partial charge on any atom is -0.317 e. The third-order valence-electron chi connectivity index (χ3n) is 4.24. The van der Waals surface area contributed by atoms with Crippen LogP contribution < -0.4 is 16.0 Å². The summed E-state index contributed by atoms with van der Waals surface area (Å²) in [6.45, 7) is 20.6. The Balaban J connectivity index is -0.000000320. The van der Waals surface area contributed by atoms with E-state index in [-0.39, 0.29) is 0 Å². The van der Waals surface area contributed by atoms with Gasteiger partial charge in [-0.05, 0) is 77.8 Å². The molecule has 0 unspecified atom stereocenters. The van der Waals surface area contributed by atoms with E-state index in [1.807, 2.05) is 0 Å². The smallest absolute Gasteiger partial charge is 0.00490 e. The van der Waals surface area contributed by atoms with Crippen molar-refractivity contribution in [2.45, 2.75) is 119 Å².